The van der Waals surface area contributed by atoms with Crippen molar-refractivity contribution in [1.29, 1.82) is 0 Å². The fraction of sp³-hybridized carbons (Fsp3) is 0.571. The fourth-order valence-corrected chi connectivity index (χ4v) is 1.52. The molecule has 1 aromatic rings. The van der Waals surface area contributed by atoms with Gasteiger partial charge in [-0.3, -0.25) is 4.79 Å². The lowest BCUT2D eigenvalue weighted by atomic mass is 10.2. The van der Waals surface area contributed by atoms with E-state index in [1.807, 2.05) is 0 Å². The molecule has 0 aromatic carbocycles. The van der Waals surface area contributed by atoms with E-state index in [0.717, 1.165) is 0 Å². The lowest BCUT2D eigenvalue weighted by Crippen LogP contribution is -2.54. The zero-order valence-corrected chi connectivity index (χ0v) is 7.88. The van der Waals surface area contributed by atoms with Crippen molar-refractivity contribution < 1.29 is 14.5 Å². The van der Waals surface area contributed by atoms with Gasteiger partial charge in [-0.25, -0.2) is 4.63 Å². The number of nitrogens with zero attached hydrogens (tertiary/aromatic N) is 3. The summed E-state index contributed by atoms with van der Waals surface area (Å²) in [6.07, 6.45) is 0. The number of carbonyl (C=O) groups is 1. The predicted octanol–water partition coefficient (Wildman–Crippen LogP) is -1.49. The highest BCUT2D eigenvalue weighted by Gasteiger charge is 2.27. The first-order valence-electron chi connectivity index (χ1n) is 4.47. The Balaban J connectivity index is 2.11. The molecule has 82 valence electrons. The van der Waals surface area contributed by atoms with E-state index in [0.29, 0.717) is 25.5 Å². The zero-order valence-electron chi connectivity index (χ0n) is 7.88. The minimum atomic E-state index is -0.894. The number of nitrogens with two attached hydrogens (primary N) is 1. The Labute approximate surface area is 85.0 Å². The molecule has 8 nitrogen and oxygen atoms in total. The summed E-state index contributed by atoms with van der Waals surface area (Å²) < 4.78 is 4.46. The van der Waals surface area contributed by atoms with Crippen LogP contribution >= 0.6 is 0 Å². The molecule has 2 rings (SSSR count). The Bertz CT molecular complexity index is 365. The first-order valence-corrected chi connectivity index (χ1v) is 4.47. The Kier molecular flexibility index (Phi) is 2.42. The number of hydrogen-bond donors (Lipinski definition) is 3. The molecule has 0 spiro atoms. The lowest BCUT2D eigenvalue weighted by Gasteiger charge is -2.31. The maximum Gasteiger partial charge on any atom is 0.322 e. The number of aromatic nitrogens is 2. The zero-order chi connectivity index (χ0) is 10.8. The van der Waals surface area contributed by atoms with Gasteiger partial charge in [0.05, 0.1) is 0 Å². The van der Waals surface area contributed by atoms with Crippen molar-refractivity contribution in [2.75, 3.05) is 30.3 Å². The quantitative estimate of drug-likeness (QED) is 0.544. The van der Waals surface area contributed by atoms with Crippen molar-refractivity contribution in [2.24, 2.45) is 0 Å². The summed E-state index contributed by atoms with van der Waals surface area (Å²) >= 11 is 0. The highest BCUT2D eigenvalue weighted by molar-refractivity contribution is 5.75. The summed E-state index contributed by atoms with van der Waals surface area (Å²) in [7, 11) is 0. The Morgan fingerprint density at radius 1 is 1.67 bits per heavy atom. The van der Waals surface area contributed by atoms with Crippen LogP contribution < -0.4 is 16.0 Å². The number of carboxylic acids is 1. The van der Waals surface area contributed by atoms with E-state index < -0.39 is 12.0 Å². The number of nitrogen functional groups attached to an aromatic ring is 1. The van der Waals surface area contributed by atoms with E-state index in [4.69, 9.17) is 10.8 Å². The number of anilines is 2. The highest BCUT2D eigenvalue weighted by Crippen LogP contribution is 2.18. The van der Waals surface area contributed by atoms with E-state index in [1.54, 1.807) is 4.90 Å². The predicted molar refractivity (Wildman–Crippen MR) is 50.3 cm³/mol. The van der Waals surface area contributed by atoms with Gasteiger partial charge in [0, 0.05) is 19.6 Å². The normalized spacial score (nSPS) is 21.6. The van der Waals surface area contributed by atoms with Crippen LogP contribution in [0.5, 0.6) is 0 Å². The van der Waals surface area contributed by atoms with Gasteiger partial charge in [0.25, 0.3) is 0 Å². The molecule has 2 heterocycles. The van der Waals surface area contributed by atoms with E-state index in [2.05, 4.69) is 20.3 Å². The number of hydrogen-bond acceptors (Lipinski definition) is 7. The van der Waals surface area contributed by atoms with Gasteiger partial charge in [0.1, 0.15) is 6.04 Å². The molecule has 0 bridgehead atoms. The smallest absolute Gasteiger partial charge is 0.322 e. The third-order valence-electron chi connectivity index (χ3n) is 2.27. The molecule has 1 aliphatic rings. The Morgan fingerprint density at radius 3 is 3.07 bits per heavy atom. The van der Waals surface area contributed by atoms with Crippen LogP contribution in [0.25, 0.3) is 0 Å². The summed E-state index contributed by atoms with van der Waals surface area (Å²) in [5, 5.41) is 18.8. The second-order valence-electron chi connectivity index (χ2n) is 3.26. The summed E-state index contributed by atoms with van der Waals surface area (Å²) in [5.41, 5.74) is 5.52. The van der Waals surface area contributed by atoms with Crippen molar-refractivity contribution in [3.63, 3.8) is 0 Å². The third-order valence-corrected chi connectivity index (χ3v) is 2.27. The van der Waals surface area contributed by atoms with Gasteiger partial charge < -0.3 is 21.1 Å². The molecule has 4 N–H and O–H groups in total. The first-order chi connectivity index (χ1) is 7.18. The van der Waals surface area contributed by atoms with E-state index >= 15 is 0 Å². The molecule has 0 amide bonds. The second kappa shape index (κ2) is 3.73. The summed E-state index contributed by atoms with van der Waals surface area (Å²) in [4.78, 5) is 12.5. The molecule has 1 unspecified atom stereocenters. The van der Waals surface area contributed by atoms with E-state index in [9.17, 15) is 4.79 Å². The Hall–Kier alpha value is -1.83. The maximum atomic E-state index is 10.8. The van der Waals surface area contributed by atoms with Crippen LogP contribution in [0.2, 0.25) is 0 Å². The van der Waals surface area contributed by atoms with Gasteiger partial charge in [-0.05, 0) is 10.3 Å². The molecule has 1 aromatic heterocycles. The summed E-state index contributed by atoms with van der Waals surface area (Å²) in [6.45, 7) is 1.49. The van der Waals surface area contributed by atoms with Gasteiger partial charge in [-0.15, -0.1) is 0 Å². The molecular weight excluding hydrogens is 202 g/mol. The van der Waals surface area contributed by atoms with Crippen LogP contribution in [0.3, 0.4) is 0 Å². The molecular formula is C7H11N5O3. The molecule has 1 saturated heterocycles. The van der Waals surface area contributed by atoms with Gasteiger partial charge in [0.15, 0.2) is 0 Å². The molecule has 1 atom stereocenters. The van der Waals surface area contributed by atoms with Crippen LogP contribution in [0, 0.1) is 0 Å². The van der Waals surface area contributed by atoms with Crippen molar-refractivity contribution in [3.8, 4) is 0 Å². The molecule has 0 aliphatic carbocycles. The van der Waals surface area contributed by atoms with Crippen molar-refractivity contribution in [3.05, 3.63) is 0 Å². The molecule has 15 heavy (non-hydrogen) atoms. The number of nitrogens with one attached hydrogen (secondary N) is 1. The number of rotatable bonds is 2. The van der Waals surface area contributed by atoms with Crippen molar-refractivity contribution in [1.82, 2.24) is 15.6 Å². The summed E-state index contributed by atoms with van der Waals surface area (Å²) in [5.74, 6) is -0.307. The number of carboxylic acid groups (broad SMARTS) is 1. The van der Waals surface area contributed by atoms with Crippen molar-refractivity contribution >= 4 is 17.6 Å². The monoisotopic (exact) mass is 213 g/mol. The van der Waals surface area contributed by atoms with Gasteiger partial charge in [-0.2, -0.15) is 0 Å². The number of piperazine rings is 1. The fourth-order valence-electron chi connectivity index (χ4n) is 1.52. The van der Waals surface area contributed by atoms with Gasteiger partial charge in [0.2, 0.25) is 11.6 Å². The molecule has 0 radical (unpaired) electrons. The van der Waals surface area contributed by atoms with Crippen molar-refractivity contribution in [2.45, 2.75) is 6.04 Å². The topological polar surface area (TPSA) is 118 Å². The molecule has 8 heteroatoms. The standard InChI is InChI=1S/C7H11N5O3/c8-5-6(11-15-10-5)12-2-1-9-4(3-12)7(13)14/h4,9H,1-3H2,(H2,8,10)(H,13,14). The van der Waals surface area contributed by atoms with Crippen LogP contribution in [0.1, 0.15) is 0 Å². The average Bonchev–Trinajstić information content (AvgIpc) is 2.64. The maximum absolute atomic E-state index is 10.8. The Morgan fingerprint density at radius 2 is 2.47 bits per heavy atom. The van der Waals surface area contributed by atoms with E-state index in [-0.39, 0.29) is 5.82 Å². The molecule has 0 saturated carbocycles. The molecule has 1 fully saturated rings. The summed E-state index contributed by atoms with van der Waals surface area (Å²) in [6, 6.07) is -0.616. The second-order valence-corrected chi connectivity index (χ2v) is 3.26. The van der Waals surface area contributed by atoms with Crippen LogP contribution in [0.15, 0.2) is 4.63 Å². The van der Waals surface area contributed by atoms with Gasteiger partial charge in [-0.1, -0.05) is 0 Å². The third kappa shape index (κ3) is 1.84. The minimum Gasteiger partial charge on any atom is -0.480 e. The van der Waals surface area contributed by atoms with Crippen LogP contribution in [0.4, 0.5) is 11.6 Å². The lowest BCUT2D eigenvalue weighted by molar-refractivity contribution is -0.139. The van der Waals surface area contributed by atoms with Gasteiger partial charge >= 0.3 is 5.97 Å². The van der Waals surface area contributed by atoms with Crippen LogP contribution in [-0.2, 0) is 4.79 Å². The van der Waals surface area contributed by atoms with E-state index in [1.165, 1.54) is 0 Å². The highest BCUT2D eigenvalue weighted by atomic mass is 16.6. The molecule has 1 aliphatic heterocycles. The number of aliphatic carboxylic acids is 1. The average molecular weight is 213 g/mol. The SMILES string of the molecule is Nc1nonc1N1CCNC(C(=O)O)C1. The first kappa shape index (κ1) is 9.71. The minimum absolute atomic E-state index is 0.182. The van der Waals surface area contributed by atoms with Crippen LogP contribution in [-0.4, -0.2) is 47.1 Å². The largest absolute Gasteiger partial charge is 0.480 e.